The molecule has 1 radical (unpaired) electrons. The van der Waals surface area contributed by atoms with E-state index >= 15 is 0 Å². The zero-order chi connectivity index (χ0) is 11.0. The minimum atomic E-state index is 0. The Hall–Kier alpha value is 0.747. The molecule has 1 rings (SSSR count). The van der Waals surface area contributed by atoms with Crippen molar-refractivity contribution in [3.05, 3.63) is 64.8 Å². The van der Waals surface area contributed by atoms with Crippen LogP contribution < -0.4 is 0 Å². The smallest absolute Gasteiger partial charge is 0 e. The molecule has 0 saturated carbocycles. The van der Waals surface area contributed by atoms with Gasteiger partial charge < -0.3 is 0 Å². The molecular weight excluding hydrogens is 470 g/mol. The van der Waals surface area contributed by atoms with Gasteiger partial charge >= 0.3 is 106 Å². The van der Waals surface area contributed by atoms with Gasteiger partial charge in [0.2, 0.25) is 0 Å². The van der Waals surface area contributed by atoms with Crippen LogP contribution in [0.5, 0.6) is 0 Å². The second kappa shape index (κ2) is 11.2. The van der Waals surface area contributed by atoms with Gasteiger partial charge in [-0.1, -0.05) is 0 Å². The summed E-state index contributed by atoms with van der Waals surface area (Å²) < 4.78 is 8.94. The first kappa shape index (κ1) is 18.1. The van der Waals surface area contributed by atoms with Crippen molar-refractivity contribution in [1.82, 2.24) is 0 Å². The molecule has 0 atom stereocenters. The number of hydrogen-bond acceptors (Lipinski definition) is 0. The van der Waals surface area contributed by atoms with E-state index in [9.17, 15) is 0 Å². The van der Waals surface area contributed by atoms with Crippen LogP contribution >= 0.6 is 0 Å². The second-order valence-electron chi connectivity index (χ2n) is 2.44. The number of nitrogens with zero attached hydrogens (tertiary/aromatic N) is 1. The minimum Gasteiger partial charge on any atom is 0 e. The summed E-state index contributed by atoms with van der Waals surface area (Å²) in [4.78, 5) is 0. The van der Waals surface area contributed by atoms with Gasteiger partial charge in [-0.05, 0) is 0 Å². The van der Waals surface area contributed by atoms with E-state index in [2.05, 4.69) is 36.9 Å². The maximum atomic E-state index is 7.08. The summed E-state index contributed by atoms with van der Waals surface area (Å²) in [5.74, 6) is 0. The number of allylic oxidation sites excluding steroid dienone is 1. The maximum Gasteiger partial charge on any atom is 0 e. The summed E-state index contributed by atoms with van der Waals surface area (Å²) in [7, 11) is 0. The second-order valence-corrected chi connectivity index (χ2v) is 2.84. The van der Waals surface area contributed by atoms with Gasteiger partial charge in [-0.3, -0.25) is 0 Å². The van der Waals surface area contributed by atoms with Gasteiger partial charge in [-0.25, -0.2) is 0 Å². The molecule has 0 spiro atoms. The van der Waals surface area contributed by atoms with Gasteiger partial charge in [-0.2, -0.15) is 0 Å². The molecule has 1 aromatic carbocycles. The van der Waals surface area contributed by atoms with Crippen LogP contribution in [0.15, 0.2) is 29.8 Å². The van der Waals surface area contributed by atoms with Crippen LogP contribution in [0.4, 0.5) is 0 Å². The summed E-state index contributed by atoms with van der Waals surface area (Å²) >= 11 is 2.94. The molecule has 0 saturated heterocycles. The monoisotopic (exact) mass is 479 g/mol. The molecular formula is C11H9NVWY-4. The normalized spacial score (nSPS) is 9.13. The van der Waals surface area contributed by atoms with Crippen molar-refractivity contribution in [2.45, 2.75) is 0 Å². The molecule has 0 unspecified atom stereocenters. The Morgan fingerprint density at radius 2 is 1.93 bits per heavy atom. The average molecular weight is 479 g/mol. The Balaban J connectivity index is 0. The Morgan fingerprint density at radius 3 is 2.40 bits per heavy atom. The van der Waals surface area contributed by atoms with Crippen molar-refractivity contribution in [3.63, 3.8) is 0 Å². The predicted molar refractivity (Wildman–Crippen MR) is 51.5 cm³/mol. The SMILES string of the molecule is [CH2-]C(=[C-]c1ccccc1[CH2-])[CH]=[V].[N-]=[W].[Y]. The Bertz CT molecular complexity index is 339. The molecule has 1 nitrogen and oxygen atoms in total. The van der Waals surface area contributed by atoms with Gasteiger partial charge in [0, 0.05) is 32.7 Å². The number of rotatable bonds is 2. The van der Waals surface area contributed by atoms with Crippen molar-refractivity contribution in [3.8, 4) is 0 Å². The molecule has 0 fully saturated rings. The van der Waals surface area contributed by atoms with Crippen LogP contribution in [0.2, 0.25) is 0 Å². The van der Waals surface area contributed by atoms with E-state index in [-0.39, 0.29) is 32.7 Å². The third kappa shape index (κ3) is 7.61. The van der Waals surface area contributed by atoms with E-state index in [1.165, 1.54) is 0 Å². The molecule has 0 aromatic heterocycles. The molecule has 1 aromatic rings. The number of hydrogen-bond donors (Lipinski definition) is 0. The Kier molecular flexibility index (Phi) is 13.6. The first-order chi connectivity index (χ1) is 6.74. The largest absolute Gasteiger partial charge is 0 e. The Morgan fingerprint density at radius 1 is 1.40 bits per heavy atom. The molecule has 0 bridgehead atoms. The summed E-state index contributed by atoms with van der Waals surface area (Å²) in [6.45, 7) is 7.68. The third-order valence-electron chi connectivity index (χ3n) is 1.47. The molecule has 76 valence electrons. The van der Waals surface area contributed by atoms with Gasteiger partial charge in [0.1, 0.15) is 0 Å². The third-order valence-corrected chi connectivity index (χ3v) is 1.96. The van der Waals surface area contributed by atoms with E-state index < -0.39 is 0 Å². The average Bonchev–Trinajstić information content (AvgIpc) is 2.24. The number of benzene rings is 1. The fraction of sp³-hybridized carbons (Fsp3) is 0. The van der Waals surface area contributed by atoms with Crippen LogP contribution in [0, 0.1) is 19.9 Å². The van der Waals surface area contributed by atoms with Crippen LogP contribution in [0.1, 0.15) is 11.1 Å². The quantitative estimate of drug-likeness (QED) is 0.583. The molecule has 0 aliphatic carbocycles. The fourth-order valence-electron chi connectivity index (χ4n) is 0.848. The van der Waals surface area contributed by atoms with Crippen molar-refractivity contribution in [2.24, 2.45) is 0 Å². The molecule has 0 heterocycles. The molecule has 0 N–H and O–H groups in total. The predicted octanol–water partition coefficient (Wildman–Crippen LogP) is 2.41. The van der Waals surface area contributed by atoms with E-state index in [0.717, 1.165) is 16.7 Å². The topological polar surface area (TPSA) is 22.3 Å². The van der Waals surface area contributed by atoms with Gasteiger partial charge in [0.15, 0.2) is 0 Å². The summed E-state index contributed by atoms with van der Waals surface area (Å²) in [6.07, 6.45) is 3.13. The van der Waals surface area contributed by atoms with Gasteiger partial charge in [0.25, 0.3) is 0 Å². The van der Waals surface area contributed by atoms with Gasteiger partial charge in [-0.15, -0.1) is 0 Å². The molecule has 0 amide bonds. The van der Waals surface area contributed by atoms with Gasteiger partial charge in [0.05, 0.1) is 0 Å². The van der Waals surface area contributed by atoms with Crippen LogP contribution in [0.25, 0.3) is 3.91 Å². The minimum absolute atomic E-state index is 0. The summed E-state index contributed by atoms with van der Waals surface area (Å²) in [5.41, 5.74) is 2.85. The van der Waals surface area contributed by atoms with Crippen molar-refractivity contribution < 1.29 is 69.3 Å². The van der Waals surface area contributed by atoms with Crippen molar-refractivity contribution in [2.75, 3.05) is 0 Å². The molecule has 15 heavy (non-hydrogen) atoms. The first-order valence-corrected chi connectivity index (χ1v) is 5.88. The van der Waals surface area contributed by atoms with Crippen molar-refractivity contribution >= 4 is 4.73 Å². The zero-order valence-corrected chi connectivity index (χ0v) is 15.3. The standard InChI is InChI=1S/C11H9.N.V.W.Y/c1-9(2)8-11-7-5-4-6-10(11)3;;;;/h1,4-7H,2-3H2;;;;/q-3;-1;;;. The summed E-state index contributed by atoms with van der Waals surface area (Å²) in [6, 6.07) is 7.86. The maximum absolute atomic E-state index is 7.08. The van der Waals surface area contributed by atoms with Crippen LogP contribution in [-0.4, -0.2) is 4.73 Å². The van der Waals surface area contributed by atoms with Crippen LogP contribution in [0.3, 0.4) is 0 Å². The fourth-order valence-corrected chi connectivity index (χ4v) is 0.948. The van der Waals surface area contributed by atoms with E-state index in [4.69, 9.17) is 3.91 Å². The molecule has 0 aliphatic heterocycles. The van der Waals surface area contributed by atoms with Crippen LogP contribution in [-0.2, 0) is 69.3 Å². The molecule has 0 aliphatic rings. The Labute approximate surface area is 137 Å². The van der Waals surface area contributed by atoms with E-state index in [0.29, 0.717) is 19.6 Å². The summed E-state index contributed by atoms with van der Waals surface area (Å²) in [5, 5.41) is 0. The van der Waals surface area contributed by atoms with E-state index in [1.54, 1.807) is 0 Å². The first-order valence-electron chi connectivity index (χ1n) is 3.76. The zero-order valence-electron chi connectivity index (χ0n) is 8.18. The molecule has 4 heteroatoms. The van der Waals surface area contributed by atoms with E-state index in [1.807, 2.05) is 29.0 Å². The van der Waals surface area contributed by atoms with Crippen molar-refractivity contribution in [1.29, 1.82) is 0 Å².